The molecule has 2 N–H and O–H groups in total. The first-order valence-corrected chi connectivity index (χ1v) is 15.6. The molecular formula is C27H23BrClN3O5S2. The van der Waals surface area contributed by atoms with E-state index in [0.717, 1.165) is 9.87 Å². The Morgan fingerprint density at radius 3 is 2.03 bits per heavy atom. The van der Waals surface area contributed by atoms with Crippen molar-refractivity contribution in [1.29, 1.82) is 0 Å². The van der Waals surface area contributed by atoms with Gasteiger partial charge in [-0.05, 0) is 85.8 Å². The van der Waals surface area contributed by atoms with Crippen LogP contribution in [0.2, 0.25) is 5.02 Å². The monoisotopic (exact) mass is 647 g/mol. The Labute approximate surface area is 240 Å². The summed E-state index contributed by atoms with van der Waals surface area (Å²) in [5.41, 5.74) is 1.84. The molecule has 0 spiro atoms. The zero-order chi connectivity index (χ0) is 28.2. The van der Waals surface area contributed by atoms with Crippen molar-refractivity contribution in [3.8, 4) is 0 Å². The normalized spacial score (nSPS) is 11.6. The number of nitrogens with zero attached hydrogens (tertiary/aromatic N) is 1. The number of hydrogen-bond acceptors (Lipinski definition) is 5. The van der Waals surface area contributed by atoms with Crippen molar-refractivity contribution in [2.24, 2.45) is 0 Å². The molecular weight excluding hydrogens is 626 g/mol. The minimum absolute atomic E-state index is 0.0202. The summed E-state index contributed by atoms with van der Waals surface area (Å²) in [7, 11) is -7.96. The number of hydrogen-bond donors (Lipinski definition) is 2. The zero-order valence-electron chi connectivity index (χ0n) is 20.5. The molecule has 4 aromatic rings. The van der Waals surface area contributed by atoms with Gasteiger partial charge in [0.15, 0.2) is 0 Å². The minimum atomic E-state index is -4.08. The van der Waals surface area contributed by atoms with Gasteiger partial charge >= 0.3 is 0 Å². The molecule has 0 aliphatic rings. The maximum Gasteiger partial charge on any atom is 0.264 e. The van der Waals surface area contributed by atoms with Gasteiger partial charge in [-0.2, -0.15) is 0 Å². The molecule has 0 saturated heterocycles. The Morgan fingerprint density at radius 1 is 0.821 bits per heavy atom. The number of benzene rings is 4. The predicted molar refractivity (Wildman–Crippen MR) is 157 cm³/mol. The van der Waals surface area contributed by atoms with Gasteiger partial charge in [0.1, 0.15) is 6.54 Å². The Balaban J connectivity index is 1.53. The summed E-state index contributed by atoms with van der Waals surface area (Å²) in [5, 5.41) is 3.11. The summed E-state index contributed by atoms with van der Waals surface area (Å²) in [6.45, 7) is 1.34. The van der Waals surface area contributed by atoms with E-state index < -0.39 is 32.5 Å². The molecule has 1 amide bonds. The van der Waals surface area contributed by atoms with Crippen LogP contribution < -0.4 is 14.3 Å². The van der Waals surface area contributed by atoms with Crippen molar-refractivity contribution in [2.45, 2.75) is 16.7 Å². The first-order chi connectivity index (χ1) is 18.4. The maximum atomic E-state index is 13.5. The van der Waals surface area contributed by atoms with E-state index in [2.05, 4.69) is 26.0 Å². The van der Waals surface area contributed by atoms with Gasteiger partial charge < -0.3 is 5.32 Å². The molecule has 0 aliphatic heterocycles. The van der Waals surface area contributed by atoms with Gasteiger partial charge in [0.25, 0.3) is 20.0 Å². The number of amides is 1. The van der Waals surface area contributed by atoms with Crippen LogP contribution in [0.5, 0.6) is 0 Å². The van der Waals surface area contributed by atoms with E-state index in [1.807, 2.05) is 6.92 Å². The molecule has 0 atom stereocenters. The van der Waals surface area contributed by atoms with Gasteiger partial charge in [0.05, 0.1) is 15.5 Å². The number of carbonyl (C=O) groups is 1. The van der Waals surface area contributed by atoms with Crippen molar-refractivity contribution < 1.29 is 21.6 Å². The molecule has 0 heterocycles. The van der Waals surface area contributed by atoms with Crippen LogP contribution >= 0.6 is 27.5 Å². The molecule has 0 aromatic heterocycles. The fourth-order valence-electron chi connectivity index (χ4n) is 3.56. The topological polar surface area (TPSA) is 113 Å². The fraction of sp³-hybridized carbons (Fsp3) is 0.0741. The first kappa shape index (κ1) is 28.6. The molecule has 4 rings (SSSR count). The SMILES string of the molecule is Cc1ccc(S(=O)(=O)N(CC(=O)Nc2ccc(S(=O)(=O)Nc3ccc(Cl)cc3)cc2)c2cccc(Br)c2)cc1. The quantitative estimate of drug-likeness (QED) is 0.230. The molecule has 202 valence electrons. The van der Waals surface area contributed by atoms with Crippen LogP contribution in [0.25, 0.3) is 0 Å². The van der Waals surface area contributed by atoms with Crippen LogP contribution in [0.15, 0.2) is 111 Å². The predicted octanol–water partition coefficient (Wildman–Crippen LogP) is 6.05. The van der Waals surface area contributed by atoms with E-state index in [0.29, 0.717) is 26.6 Å². The summed E-state index contributed by atoms with van der Waals surface area (Å²) < 4.78 is 56.6. The third kappa shape index (κ3) is 7.18. The highest BCUT2D eigenvalue weighted by atomic mass is 79.9. The third-order valence-electron chi connectivity index (χ3n) is 5.54. The van der Waals surface area contributed by atoms with E-state index in [1.165, 1.54) is 48.5 Å². The number of anilines is 3. The molecule has 8 nitrogen and oxygen atoms in total. The van der Waals surface area contributed by atoms with Gasteiger partial charge in [-0.1, -0.05) is 51.3 Å². The Bertz CT molecular complexity index is 1700. The number of carbonyl (C=O) groups excluding carboxylic acids is 1. The largest absolute Gasteiger partial charge is 0.325 e. The van der Waals surface area contributed by atoms with Gasteiger partial charge in [-0.3, -0.25) is 13.8 Å². The van der Waals surface area contributed by atoms with Gasteiger partial charge in [-0.15, -0.1) is 0 Å². The van der Waals surface area contributed by atoms with Crippen LogP contribution in [0.4, 0.5) is 17.1 Å². The average molecular weight is 649 g/mol. The summed E-state index contributed by atoms with van der Waals surface area (Å²) in [5.74, 6) is -0.611. The smallest absolute Gasteiger partial charge is 0.264 e. The average Bonchev–Trinajstić information content (AvgIpc) is 2.89. The van der Waals surface area contributed by atoms with E-state index in [9.17, 15) is 21.6 Å². The Hall–Kier alpha value is -3.38. The van der Waals surface area contributed by atoms with Crippen LogP contribution in [0.3, 0.4) is 0 Å². The van der Waals surface area contributed by atoms with Crippen molar-refractivity contribution >= 4 is 70.5 Å². The lowest BCUT2D eigenvalue weighted by atomic mass is 10.2. The number of rotatable bonds is 9. The van der Waals surface area contributed by atoms with E-state index in [-0.39, 0.29) is 9.79 Å². The molecule has 0 fully saturated rings. The number of halogens is 2. The maximum absolute atomic E-state index is 13.5. The second kappa shape index (κ2) is 11.8. The van der Waals surface area contributed by atoms with Crippen molar-refractivity contribution in [3.05, 3.63) is 112 Å². The van der Waals surface area contributed by atoms with Gasteiger partial charge in [0.2, 0.25) is 5.91 Å². The Morgan fingerprint density at radius 2 is 1.41 bits per heavy atom. The van der Waals surface area contributed by atoms with Gasteiger partial charge in [0, 0.05) is 20.9 Å². The minimum Gasteiger partial charge on any atom is -0.325 e. The lowest BCUT2D eigenvalue weighted by Crippen LogP contribution is -2.38. The molecule has 39 heavy (non-hydrogen) atoms. The summed E-state index contributed by atoms with van der Waals surface area (Å²) in [6, 6.07) is 24.7. The standard InChI is InChI=1S/C27H23BrClN3O5S2/c1-19-5-13-26(14-6-19)39(36,37)32(24-4-2-3-20(28)17-24)18-27(33)30-22-11-15-25(16-12-22)38(34,35)31-23-9-7-21(29)8-10-23/h2-17,31H,18H2,1H3,(H,30,33). The van der Waals surface area contributed by atoms with Crippen LogP contribution in [-0.4, -0.2) is 29.3 Å². The second-order valence-corrected chi connectivity index (χ2v) is 13.4. The van der Waals surface area contributed by atoms with Crippen LogP contribution in [-0.2, 0) is 24.8 Å². The van der Waals surface area contributed by atoms with E-state index >= 15 is 0 Å². The lowest BCUT2D eigenvalue weighted by molar-refractivity contribution is -0.114. The molecule has 0 bridgehead atoms. The number of aryl methyl sites for hydroxylation is 1. The molecule has 0 aliphatic carbocycles. The van der Waals surface area contributed by atoms with Crippen molar-refractivity contribution in [1.82, 2.24) is 0 Å². The molecule has 12 heteroatoms. The van der Waals surface area contributed by atoms with Gasteiger partial charge in [-0.25, -0.2) is 16.8 Å². The molecule has 0 saturated carbocycles. The van der Waals surface area contributed by atoms with Crippen LogP contribution in [0, 0.1) is 6.92 Å². The molecule has 0 unspecified atom stereocenters. The van der Waals surface area contributed by atoms with Crippen molar-refractivity contribution in [2.75, 3.05) is 20.9 Å². The van der Waals surface area contributed by atoms with Crippen molar-refractivity contribution in [3.63, 3.8) is 0 Å². The van der Waals surface area contributed by atoms with E-state index in [4.69, 9.17) is 11.6 Å². The van der Waals surface area contributed by atoms with E-state index in [1.54, 1.807) is 48.5 Å². The highest BCUT2D eigenvalue weighted by Gasteiger charge is 2.27. The highest BCUT2D eigenvalue weighted by molar-refractivity contribution is 9.10. The lowest BCUT2D eigenvalue weighted by Gasteiger charge is -2.24. The summed E-state index contributed by atoms with van der Waals surface area (Å²) >= 11 is 9.19. The number of sulfonamides is 2. The third-order valence-corrected chi connectivity index (χ3v) is 9.47. The highest BCUT2D eigenvalue weighted by Crippen LogP contribution is 2.27. The zero-order valence-corrected chi connectivity index (χ0v) is 24.5. The fourth-order valence-corrected chi connectivity index (χ4v) is 6.55. The molecule has 4 aromatic carbocycles. The summed E-state index contributed by atoms with van der Waals surface area (Å²) in [4.78, 5) is 13.0. The molecule has 0 radical (unpaired) electrons. The first-order valence-electron chi connectivity index (χ1n) is 11.5. The summed E-state index contributed by atoms with van der Waals surface area (Å²) in [6.07, 6.45) is 0. The van der Waals surface area contributed by atoms with Crippen LogP contribution in [0.1, 0.15) is 5.56 Å². The number of nitrogens with one attached hydrogen (secondary N) is 2. The second-order valence-electron chi connectivity index (χ2n) is 8.49. The Kier molecular flexibility index (Phi) is 8.65.